The molecule has 0 fully saturated rings. The van der Waals surface area contributed by atoms with Gasteiger partial charge in [-0.1, -0.05) is 47.5 Å². The highest BCUT2D eigenvalue weighted by Crippen LogP contribution is 2.30. The molecule has 2 heterocycles. The van der Waals surface area contributed by atoms with Crippen LogP contribution in [0, 0.1) is 5.82 Å². The maximum atomic E-state index is 13.2. The molecular weight excluding hydrogens is 362 g/mol. The van der Waals surface area contributed by atoms with Gasteiger partial charge in [0.2, 0.25) is 5.65 Å². The van der Waals surface area contributed by atoms with Crippen LogP contribution in [-0.4, -0.2) is 20.2 Å². The first-order chi connectivity index (χ1) is 12.1. The smallest absolute Gasteiger partial charge is 0.200 e. The zero-order chi connectivity index (χ0) is 17.4. The van der Waals surface area contributed by atoms with Crippen molar-refractivity contribution in [1.29, 1.82) is 0 Å². The average Bonchev–Trinajstić information content (AvgIpc) is 3.01. The van der Waals surface area contributed by atoms with Crippen LogP contribution in [0.4, 0.5) is 4.39 Å². The Hall–Kier alpha value is -2.50. The van der Waals surface area contributed by atoms with Crippen molar-refractivity contribution in [3.63, 3.8) is 0 Å². The minimum atomic E-state index is -0.369. The third-order valence-corrected chi connectivity index (χ3v) is 4.53. The minimum absolute atomic E-state index is 0.362. The van der Waals surface area contributed by atoms with Crippen LogP contribution < -0.4 is 0 Å². The van der Waals surface area contributed by atoms with Crippen LogP contribution in [0.3, 0.4) is 0 Å². The van der Waals surface area contributed by atoms with Crippen molar-refractivity contribution in [3.05, 3.63) is 75.8 Å². The van der Waals surface area contributed by atoms with Crippen molar-refractivity contribution in [2.45, 2.75) is 6.42 Å². The lowest BCUT2D eigenvalue weighted by atomic mass is 10.1. The van der Waals surface area contributed by atoms with Gasteiger partial charge in [-0.05, 0) is 23.8 Å². The molecule has 0 radical (unpaired) electrons. The van der Waals surface area contributed by atoms with Gasteiger partial charge in [0, 0.05) is 23.2 Å². The molecule has 2 aromatic carbocycles. The molecule has 4 aromatic rings. The summed E-state index contributed by atoms with van der Waals surface area (Å²) in [6.45, 7) is 0. The molecule has 25 heavy (non-hydrogen) atoms. The van der Waals surface area contributed by atoms with Gasteiger partial charge >= 0.3 is 0 Å². The topological polar surface area (TPSA) is 54.5 Å². The van der Waals surface area contributed by atoms with Crippen molar-refractivity contribution in [3.8, 4) is 11.3 Å². The van der Waals surface area contributed by atoms with Gasteiger partial charge in [0.1, 0.15) is 11.3 Å². The number of H-pyrrole nitrogens is 1. The zero-order valence-electron chi connectivity index (χ0n) is 12.8. The minimum Gasteiger partial charge on any atom is -0.273 e. The van der Waals surface area contributed by atoms with Crippen LogP contribution in [0.2, 0.25) is 10.0 Å². The molecule has 0 bridgehead atoms. The maximum absolute atomic E-state index is 13.2. The Bertz CT molecular complexity index is 1080. The highest BCUT2D eigenvalue weighted by atomic mass is 35.5. The summed E-state index contributed by atoms with van der Waals surface area (Å²) in [5.41, 5.74) is 4.14. The quantitative estimate of drug-likeness (QED) is 0.546. The molecule has 0 atom stereocenters. The standard InChI is InChI=1S/C18H11Cl2FN4/c19-14-4-2-1-3-13(14)16-17-18(25-24-16)23-12(9-22-17)7-10-5-6-11(21)8-15(10)20/h1-6,8-9H,7H2,(H,23,24,25). The molecule has 2 aromatic heterocycles. The van der Waals surface area contributed by atoms with Gasteiger partial charge in [-0.3, -0.25) is 5.10 Å². The molecule has 124 valence electrons. The van der Waals surface area contributed by atoms with E-state index in [0.717, 1.165) is 16.8 Å². The van der Waals surface area contributed by atoms with E-state index in [1.54, 1.807) is 12.3 Å². The summed E-state index contributed by atoms with van der Waals surface area (Å²) < 4.78 is 13.2. The number of halogens is 3. The highest BCUT2D eigenvalue weighted by Gasteiger charge is 2.14. The largest absolute Gasteiger partial charge is 0.273 e. The monoisotopic (exact) mass is 372 g/mol. The van der Waals surface area contributed by atoms with E-state index in [4.69, 9.17) is 23.2 Å². The van der Waals surface area contributed by atoms with Crippen molar-refractivity contribution in [2.24, 2.45) is 0 Å². The number of nitrogens with zero attached hydrogens (tertiary/aromatic N) is 3. The van der Waals surface area contributed by atoms with Crippen LogP contribution in [0.5, 0.6) is 0 Å². The maximum Gasteiger partial charge on any atom is 0.200 e. The predicted molar refractivity (Wildman–Crippen MR) is 96.3 cm³/mol. The molecule has 1 N–H and O–H groups in total. The number of benzene rings is 2. The lowest BCUT2D eigenvalue weighted by Gasteiger charge is -2.04. The predicted octanol–water partition coefficient (Wildman–Crippen LogP) is 5.06. The molecule has 0 amide bonds. The molecule has 0 aliphatic carbocycles. The van der Waals surface area contributed by atoms with Gasteiger partial charge in [0.25, 0.3) is 0 Å². The summed E-state index contributed by atoms with van der Waals surface area (Å²) >= 11 is 12.3. The molecule has 0 aliphatic heterocycles. The van der Waals surface area contributed by atoms with Crippen LogP contribution in [0.1, 0.15) is 11.3 Å². The summed E-state index contributed by atoms with van der Waals surface area (Å²) in [7, 11) is 0. The summed E-state index contributed by atoms with van der Waals surface area (Å²) in [4.78, 5) is 8.98. The molecule has 4 rings (SSSR count). The zero-order valence-corrected chi connectivity index (χ0v) is 14.3. The van der Waals surface area contributed by atoms with Crippen LogP contribution in [-0.2, 0) is 6.42 Å². The van der Waals surface area contributed by atoms with E-state index >= 15 is 0 Å². The number of aromatic amines is 1. The SMILES string of the molecule is Fc1ccc(Cc2cnc3c(-c4ccccc4Cl)[nH]nc3n2)c(Cl)c1. The second-order valence-corrected chi connectivity index (χ2v) is 6.34. The molecule has 4 nitrogen and oxygen atoms in total. The normalized spacial score (nSPS) is 11.2. The highest BCUT2D eigenvalue weighted by molar-refractivity contribution is 6.33. The molecule has 0 unspecified atom stereocenters. The first-order valence-corrected chi connectivity index (χ1v) is 8.26. The fraction of sp³-hybridized carbons (Fsp3) is 0.0556. The Morgan fingerprint density at radius 3 is 2.68 bits per heavy atom. The van der Waals surface area contributed by atoms with Crippen LogP contribution >= 0.6 is 23.2 Å². The van der Waals surface area contributed by atoms with E-state index < -0.39 is 0 Å². The van der Waals surface area contributed by atoms with E-state index in [0.29, 0.717) is 33.3 Å². The second kappa shape index (κ2) is 6.43. The number of aromatic nitrogens is 4. The number of nitrogens with one attached hydrogen (secondary N) is 1. The van der Waals surface area contributed by atoms with E-state index in [1.165, 1.54) is 12.1 Å². The molecule has 0 saturated heterocycles. The molecule has 0 spiro atoms. The van der Waals surface area contributed by atoms with E-state index in [9.17, 15) is 4.39 Å². The molecule has 7 heteroatoms. The van der Waals surface area contributed by atoms with Gasteiger partial charge in [-0.2, -0.15) is 5.10 Å². The Balaban J connectivity index is 1.71. The number of hydrogen-bond acceptors (Lipinski definition) is 3. The molecule has 0 saturated carbocycles. The number of hydrogen-bond donors (Lipinski definition) is 1. The molecular formula is C18H11Cl2FN4. The van der Waals surface area contributed by atoms with Crippen LogP contribution in [0.25, 0.3) is 22.4 Å². The number of rotatable bonds is 3. The third-order valence-electron chi connectivity index (χ3n) is 3.84. The number of fused-ring (bicyclic) bond motifs is 1. The van der Waals surface area contributed by atoms with Crippen molar-refractivity contribution < 1.29 is 4.39 Å². The van der Waals surface area contributed by atoms with Crippen molar-refractivity contribution in [2.75, 3.05) is 0 Å². The van der Waals surface area contributed by atoms with Crippen molar-refractivity contribution >= 4 is 34.4 Å². The Labute approximate surface area is 152 Å². The van der Waals surface area contributed by atoms with Gasteiger partial charge in [-0.15, -0.1) is 0 Å². The van der Waals surface area contributed by atoms with E-state index in [-0.39, 0.29) is 5.82 Å². The van der Waals surface area contributed by atoms with Gasteiger partial charge in [0.15, 0.2) is 0 Å². The Morgan fingerprint density at radius 1 is 1.04 bits per heavy atom. The van der Waals surface area contributed by atoms with E-state index in [2.05, 4.69) is 20.2 Å². The van der Waals surface area contributed by atoms with Gasteiger partial charge in [-0.25, -0.2) is 14.4 Å². The average molecular weight is 373 g/mol. The lowest BCUT2D eigenvalue weighted by molar-refractivity contribution is 0.627. The first-order valence-electron chi connectivity index (χ1n) is 7.50. The molecule has 0 aliphatic rings. The van der Waals surface area contributed by atoms with Crippen LogP contribution in [0.15, 0.2) is 48.7 Å². The Morgan fingerprint density at radius 2 is 1.88 bits per heavy atom. The van der Waals surface area contributed by atoms with E-state index in [1.807, 2.05) is 24.3 Å². The second-order valence-electron chi connectivity index (χ2n) is 5.52. The lowest BCUT2D eigenvalue weighted by Crippen LogP contribution is -1.96. The summed E-state index contributed by atoms with van der Waals surface area (Å²) in [6, 6.07) is 11.8. The van der Waals surface area contributed by atoms with Crippen molar-refractivity contribution in [1.82, 2.24) is 20.2 Å². The third kappa shape index (κ3) is 3.08. The fourth-order valence-corrected chi connectivity index (χ4v) is 3.09. The summed E-state index contributed by atoms with van der Waals surface area (Å²) in [6.07, 6.45) is 2.11. The van der Waals surface area contributed by atoms with Gasteiger partial charge in [0.05, 0.1) is 16.4 Å². The first kappa shape index (κ1) is 16.0. The Kier molecular flexibility index (Phi) is 4.11. The fourth-order valence-electron chi connectivity index (χ4n) is 2.63. The van der Waals surface area contributed by atoms with Gasteiger partial charge < -0.3 is 0 Å². The summed E-state index contributed by atoms with van der Waals surface area (Å²) in [5.74, 6) is -0.369. The summed E-state index contributed by atoms with van der Waals surface area (Å²) in [5, 5.41) is 8.14.